The molecule has 0 saturated heterocycles. The first kappa shape index (κ1) is 17.3. The van der Waals surface area contributed by atoms with E-state index in [-0.39, 0.29) is 13.2 Å². The first-order valence-corrected chi connectivity index (χ1v) is 6.37. The maximum atomic E-state index is 12.9. The highest BCUT2D eigenvalue weighted by Gasteiger charge is 2.35. The number of hydrogen-bond acceptors (Lipinski definition) is 3. The zero-order valence-electron chi connectivity index (χ0n) is 11.7. The lowest BCUT2D eigenvalue weighted by atomic mass is 10.1. The second-order valence-corrected chi connectivity index (χ2v) is 4.83. The summed E-state index contributed by atoms with van der Waals surface area (Å²) in [4.78, 5) is 10.7. The van der Waals surface area contributed by atoms with E-state index in [0.717, 1.165) is 12.1 Å². The summed E-state index contributed by atoms with van der Waals surface area (Å²) in [6, 6.07) is 2.64. The van der Waals surface area contributed by atoms with Gasteiger partial charge in [0.25, 0.3) is 0 Å². The first-order chi connectivity index (χ1) is 9.71. The molecule has 1 N–H and O–H groups in total. The minimum absolute atomic E-state index is 0.0395. The molecule has 0 amide bonds. The number of benzene rings is 1. The topological polar surface area (TPSA) is 55.8 Å². The molecule has 1 aromatic carbocycles. The molecule has 0 bridgehead atoms. The van der Waals surface area contributed by atoms with Gasteiger partial charge in [-0.2, -0.15) is 13.2 Å². The summed E-state index contributed by atoms with van der Waals surface area (Å²) in [5.74, 6) is -1.50. The van der Waals surface area contributed by atoms with Gasteiger partial charge in [0.05, 0.1) is 17.7 Å². The lowest BCUT2D eigenvalue weighted by Gasteiger charge is -2.15. The van der Waals surface area contributed by atoms with Crippen molar-refractivity contribution in [2.24, 2.45) is 5.92 Å². The van der Waals surface area contributed by atoms with Crippen LogP contribution in [0.3, 0.4) is 0 Å². The van der Waals surface area contributed by atoms with Crippen LogP contribution in [0.4, 0.5) is 13.2 Å². The molecule has 118 valence electrons. The van der Waals surface area contributed by atoms with Crippen LogP contribution in [-0.2, 0) is 10.9 Å². The Morgan fingerprint density at radius 2 is 1.95 bits per heavy atom. The minimum atomic E-state index is -4.68. The highest BCUT2D eigenvalue weighted by molar-refractivity contribution is 5.88. The van der Waals surface area contributed by atoms with Crippen LogP contribution in [0.5, 0.6) is 5.75 Å². The van der Waals surface area contributed by atoms with Crippen molar-refractivity contribution in [3.05, 3.63) is 29.3 Å². The number of rotatable bonds is 7. The van der Waals surface area contributed by atoms with E-state index in [0.29, 0.717) is 18.6 Å². The second-order valence-electron chi connectivity index (χ2n) is 4.83. The molecule has 1 aromatic rings. The second kappa shape index (κ2) is 7.31. The summed E-state index contributed by atoms with van der Waals surface area (Å²) in [6.45, 7) is 4.52. The van der Waals surface area contributed by atoms with Gasteiger partial charge in [-0.3, -0.25) is 0 Å². The fraction of sp³-hybridized carbons (Fsp3) is 0.500. The molecule has 0 fully saturated rings. The summed E-state index contributed by atoms with van der Waals surface area (Å²) in [7, 11) is 0. The standard InChI is InChI=1S/C14H17F3O4/c1-9(2)8-20-5-6-21-12-4-3-10(13(18)19)7-11(12)14(15,16)17/h3-4,7,9H,5-6,8H2,1-2H3,(H,18,19). The van der Waals surface area contributed by atoms with Crippen molar-refractivity contribution in [3.8, 4) is 5.75 Å². The molecule has 0 unspecified atom stereocenters. The molecule has 7 heteroatoms. The molecule has 4 nitrogen and oxygen atoms in total. The average Bonchev–Trinajstić information content (AvgIpc) is 2.36. The Morgan fingerprint density at radius 3 is 2.48 bits per heavy atom. The average molecular weight is 306 g/mol. The van der Waals surface area contributed by atoms with Gasteiger partial charge >= 0.3 is 12.1 Å². The van der Waals surface area contributed by atoms with Crippen LogP contribution in [0.25, 0.3) is 0 Å². The monoisotopic (exact) mass is 306 g/mol. The van der Waals surface area contributed by atoms with Crippen LogP contribution < -0.4 is 4.74 Å². The molecular formula is C14H17F3O4. The van der Waals surface area contributed by atoms with E-state index >= 15 is 0 Å². The van der Waals surface area contributed by atoms with Gasteiger partial charge in [0.2, 0.25) is 0 Å². The van der Waals surface area contributed by atoms with E-state index in [1.54, 1.807) is 0 Å². The maximum Gasteiger partial charge on any atom is 0.419 e. The van der Waals surface area contributed by atoms with Gasteiger partial charge in [0, 0.05) is 6.61 Å². The van der Waals surface area contributed by atoms with Crippen molar-refractivity contribution in [1.29, 1.82) is 0 Å². The molecule has 0 aliphatic heterocycles. The normalized spacial score (nSPS) is 11.7. The van der Waals surface area contributed by atoms with Crippen molar-refractivity contribution in [1.82, 2.24) is 0 Å². The highest BCUT2D eigenvalue weighted by Crippen LogP contribution is 2.36. The summed E-state index contributed by atoms with van der Waals surface area (Å²) in [6.07, 6.45) is -4.68. The van der Waals surface area contributed by atoms with Crippen LogP contribution in [0.15, 0.2) is 18.2 Å². The van der Waals surface area contributed by atoms with Gasteiger partial charge in [-0.25, -0.2) is 4.79 Å². The molecule has 0 atom stereocenters. The predicted octanol–water partition coefficient (Wildman–Crippen LogP) is 3.46. The molecular weight excluding hydrogens is 289 g/mol. The number of aromatic carboxylic acids is 1. The van der Waals surface area contributed by atoms with E-state index in [9.17, 15) is 18.0 Å². The van der Waals surface area contributed by atoms with Gasteiger partial charge in [-0.15, -0.1) is 0 Å². The Balaban J connectivity index is 2.75. The fourth-order valence-corrected chi connectivity index (χ4v) is 1.54. The minimum Gasteiger partial charge on any atom is -0.491 e. The van der Waals surface area contributed by atoms with Crippen molar-refractivity contribution in [2.45, 2.75) is 20.0 Å². The number of carboxylic acid groups (broad SMARTS) is 1. The van der Waals surface area contributed by atoms with Crippen LogP contribution in [-0.4, -0.2) is 30.9 Å². The highest BCUT2D eigenvalue weighted by atomic mass is 19.4. The van der Waals surface area contributed by atoms with E-state index in [2.05, 4.69) is 0 Å². The van der Waals surface area contributed by atoms with Crippen molar-refractivity contribution in [2.75, 3.05) is 19.8 Å². The lowest BCUT2D eigenvalue weighted by molar-refractivity contribution is -0.139. The predicted molar refractivity (Wildman–Crippen MR) is 69.6 cm³/mol. The first-order valence-electron chi connectivity index (χ1n) is 6.37. The number of carbonyl (C=O) groups is 1. The molecule has 0 heterocycles. The Kier molecular flexibility index (Phi) is 6.02. The molecule has 0 aromatic heterocycles. The summed E-state index contributed by atoms with van der Waals surface area (Å²) in [5.41, 5.74) is -1.54. The SMILES string of the molecule is CC(C)COCCOc1ccc(C(=O)O)cc1C(F)(F)F. The quantitative estimate of drug-likeness (QED) is 0.784. The third-order valence-corrected chi connectivity index (χ3v) is 2.47. The van der Waals surface area contributed by atoms with Gasteiger partial charge < -0.3 is 14.6 Å². The van der Waals surface area contributed by atoms with Crippen LogP contribution >= 0.6 is 0 Å². The Labute approximate surface area is 120 Å². The van der Waals surface area contributed by atoms with Crippen LogP contribution in [0.1, 0.15) is 29.8 Å². The van der Waals surface area contributed by atoms with E-state index in [4.69, 9.17) is 14.6 Å². The Bertz CT molecular complexity index is 484. The number of alkyl halides is 3. The van der Waals surface area contributed by atoms with Gasteiger partial charge in [0.15, 0.2) is 0 Å². The molecule has 0 spiro atoms. The zero-order valence-corrected chi connectivity index (χ0v) is 11.7. The Hall–Kier alpha value is -1.76. The van der Waals surface area contributed by atoms with Crippen molar-refractivity contribution in [3.63, 3.8) is 0 Å². The molecule has 0 saturated carbocycles. The molecule has 21 heavy (non-hydrogen) atoms. The lowest BCUT2D eigenvalue weighted by Crippen LogP contribution is -2.14. The van der Waals surface area contributed by atoms with E-state index in [1.807, 2.05) is 13.8 Å². The van der Waals surface area contributed by atoms with Gasteiger partial charge in [-0.05, 0) is 24.1 Å². The van der Waals surface area contributed by atoms with Crippen molar-refractivity contribution >= 4 is 5.97 Å². The van der Waals surface area contributed by atoms with E-state index < -0.39 is 29.0 Å². The van der Waals surface area contributed by atoms with Crippen molar-refractivity contribution < 1.29 is 32.5 Å². The van der Waals surface area contributed by atoms with Gasteiger partial charge in [0.1, 0.15) is 12.4 Å². The maximum absolute atomic E-state index is 12.9. The number of hydrogen-bond donors (Lipinski definition) is 1. The fourth-order valence-electron chi connectivity index (χ4n) is 1.54. The third kappa shape index (κ3) is 5.63. The molecule has 0 radical (unpaired) electrons. The summed E-state index contributed by atoms with van der Waals surface area (Å²) < 4.78 is 48.9. The van der Waals surface area contributed by atoms with Gasteiger partial charge in [-0.1, -0.05) is 13.8 Å². The molecule has 0 aliphatic carbocycles. The third-order valence-electron chi connectivity index (χ3n) is 2.47. The number of carboxylic acids is 1. The number of halogens is 3. The van der Waals surface area contributed by atoms with Crippen LogP contribution in [0.2, 0.25) is 0 Å². The largest absolute Gasteiger partial charge is 0.491 e. The van der Waals surface area contributed by atoms with E-state index in [1.165, 1.54) is 0 Å². The molecule has 0 aliphatic rings. The molecule has 1 rings (SSSR count). The van der Waals surface area contributed by atoms with Crippen LogP contribution in [0, 0.1) is 5.92 Å². The smallest absolute Gasteiger partial charge is 0.419 e. The Morgan fingerprint density at radius 1 is 1.29 bits per heavy atom. The summed E-state index contributed by atoms with van der Waals surface area (Å²) >= 11 is 0. The number of ether oxygens (including phenoxy) is 2. The zero-order chi connectivity index (χ0) is 16.0. The summed E-state index contributed by atoms with van der Waals surface area (Å²) in [5, 5.41) is 8.74.